The summed E-state index contributed by atoms with van der Waals surface area (Å²) in [6.07, 6.45) is 2.55. The molecule has 1 aromatic heterocycles. The van der Waals surface area contributed by atoms with E-state index in [-0.39, 0.29) is 12.1 Å². The highest BCUT2D eigenvalue weighted by atomic mass is 35.5. The van der Waals surface area contributed by atoms with Crippen LogP contribution in [0.1, 0.15) is 36.8 Å². The molecule has 3 nitrogen and oxygen atoms in total. The molecule has 1 aliphatic heterocycles. The molecule has 1 aromatic carbocycles. The smallest absolute Gasteiger partial charge is 0.142 e. The molecule has 2 atom stereocenters. The lowest BCUT2D eigenvalue weighted by atomic mass is 9.99. The number of hydrogen-bond acceptors (Lipinski definition) is 3. The zero-order valence-electron chi connectivity index (χ0n) is 11.0. The van der Waals surface area contributed by atoms with E-state index in [1.165, 1.54) is 0 Å². The van der Waals surface area contributed by atoms with Crippen LogP contribution in [0.5, 0.6) is 5.75 Å². The third kappa shape index (κ3) is 2.66. The summed E-state index contributed by atoms with van der Waals surface area (Å²) < 4.78 is 11.1. The van der Waals surface area contributed by atoms with Crippen LogP contribution in [0.15, 0.2) is 34.9 Å². The molecule has 0 aliphatic carbocycles. The molecular formula is C15H15Cl2NO2. The SMILES string of the molecule is C[C@@H](NC1CCOc2c(Cl)cc(Cl)cc21)c1ccco1. The van der Waals surface area contributed by atoms with Crippen LogP contribution in [0.3, 0.4) is 0 Å². The molecule has 0 bridgehead atoms. The van der Waals surface area contributed by atoms with Gasteiger partial charge in [-0.3, -0.25) is 0 Å². The highest BCUT2D eigenvalue weighted by molar-refractivity contribution is 6.35. The molecule has 0 saturated heterocycles. The topological polar surface area (TPSA) is 34.4 Å². The van der Waals surface area contributed by atoms with Crippen molar-refractivity contribution in [2.75, 3.05) is 6.61 Å². The fraction of sp³-hybridized carbons (Fsp3) is 0.333. The van der Waals surface area contributed by atoms with Crippen molar-refractivity contribution in [1.82, 2.24) is 5.32 Å². The Bertz CT molecular complexity index is 598. The molecule has 2 aromatic rings. The molecule has 0 amide bonds. The van der Waals surface area contributed by atoms with Crippen molar-refractivity contribution in [2.45, 2.75) is 25.4 Å². The minimum atomic E-state index is 0.110. The van der Waals surface area contributed by atoms with E-state index in [4.69, 9.17) is 32.4 Å². The van der Waals surface area contributed by atoms with Gasteiger partial charge < -0.3 is 14.5 Å². The van der Waals surface area contributed by atoms with Crippen molar-refractivity contribution in [3.05, 3.63) is 51.9 Å². The second-order valence-corrected chi connectivity index (χ2v) is 5.74. The Labute approximate surface area is 127 Å². The van der Waals surface area contributed by atoms with Gasteiger partial charge in [-0.1, -0.05) is 23.2 Å². The normalized spacial score (nSPS) is 19.2. The molecule has 1 unspecified atom stereocenters. The van der Waals surface area contributed by atoms with Gasteiger partial charge in [0.2, 0.25) is 0 Å². The van der Waals surface area contributed by atoms with Crippen LogP contribution < -0.4 is 10.1 Å². The first-order valence-corrected chi connectivity index (χ1v) is 7.32. The molecule has 1 aliphatic rings. The van der Waals surface area contributed by atoms with Crippen molar-refractivity contribution >= 4 is 23.2 Å². The Morgan fingerprint density at radius 3 is 2.95 bits per heavy atom. The molecule has 3 rings (SSSR count). The Kier molecular flexibility index (Phi) is 3.92. The molecule has 0 saturated carbocycles. The maximum atomic E-state index is 6.19. The average Bonchev–Trinajstić information content (AvgIpc) is 2.93. The Hall–Kier alpha value is -1.16. The summed E-state index contributed by atoms with van der Waals surface area (Å²) in [6, 6.07) is 7.73. The Morgan fingerprint density at radius 2 is 2.20 bits per heavy atom. The van der Waals surface area contributed by atoms with Gasteiger partial charge in [-0.15, -0.1) is 0 Å². The fourth-order valence-corrected chi connectivity index (χ4v) is 3.08. The second-order valence-electron chi connectivity index (χ2n) is 4.90. The summed E-state index contributed by atoms with van der Waals surface area (Å²) in [5, 5.41) is 4.72. The monoisotopic (exact) mass is 311 g/mol. The third-order valence-corrected chi connectivity index (χ3v) is 3.99. The van der Waals surface area contributed by atoms with Gasteiger partial charge in [0.1, 0.15) is 11.5 Å². The molecule has 5 heteroatoms. The van der Waals surface area contributed by atoms with Crippen LogP contribution in [-0.4, -0.2) is 6.61 Å². The van der Waals surface area contributed by atoms with Crippen LogP contribution in [0.4, 0.5) is 0 Å². The van der Waals surface area contributed by atoms with Gasteiger partial charge >= 0.3 is 0 Å². The molecule has 2 heterocycles. The number of nitrogens with one attached hydrogen (secondary N) is 1. The van der Waals surface area contributed by atoms with Crippen LogP contribution in [0, 0.1) is 0 Å². The first-order valence-electron chi connectivity index (χ1n) is 6.56. The first kappa shape index (κ1) is 13.8. The minimum Gasteiger partial charge on any atom is -0.492 e. The standard InChI is InChI=1S/C15H15Cl2NO2/c1-9(14-3-2-5-19-14)18-13-4-6-20-15-11(13)7-10(16)8-12(15)17/h2-3,5,7-9,13,18H,4,6H2,1H3/t9-,13?/m1/s1. The van der Waals surface area contributed by atoms with E-state index in [0.29, 0.717) is 16.7 Å². The average molecular weight is 312 g/mol. The van der Waals surface area contributed by atoms with E-state index >= 15 is 0 Å². The van der Waals surface area contributed by atoms with E-state index < -0.39 is 0 Å². The molecule has 0 spiro atoms. The van der Waals surface area contributed by atoms with Crippen molar-refractivity contribution in [1.29, 1.82) is 0 Å². The maximum absolute atomic E-state index is 6.19. The van der Waals surface area contributed by atoms with Gasteiger partial charge in [-0.05, 0) is 31.2 Å². The maximum Gasteiger partial charge on any atom is 0.142 e. The fourth-order valence-electron chi connectivity index (χ4n) is 2.52. The Balaban J connectivity index is 1.86. The summed E-state index contributed by atoms with van der Waals surface area (Å²) in [5.41, 5.74) is 1.01. The lowest BCUT2D eigenvalue weighted by Crippen LogP contribution is -2.29. The quantitative estimate of drug-likeness (QED) is 0.887. The molecule has 106 valence electrons. The summed E-state index contributed by atoms with van der Waals surface area (Å²) in [4.78, 5) is 0. The second kappa shape index (κ2) is 5.68. The molecular weight excluding hydrogens is 297 g/mol. The van der Waals surface area contributed by atoms with Crippen LogP contribution in [-0.2, 0) is 0 Å². The van der Waals surface area contributed by atoms with Gasteiger partial charge in [0.05, 0.1) is 23.9 Å². The van der Waals surface area contributed by atoms with E-state index in [1.807, 2.05) is 18.2 Å². The van der Waals surface area contributed by atoms with Crippen LogP contribution in [0.25, 0.3) is 0 Å². The predicted octanol–water partition coefficient (Wildman–Crippen LogP) is 4.76. The minimum absolute atomic E-state index is 0.110. The highest BCUT2D eigenvalue weighted by Crippen LogP contribution is 2.40. The summed E-state index contributed by atoms with van der Waals surface area (Å²) in [6.45, 7) is 2.71. The first-order chi connectivity index (χ1) is 9.65. The lowest BCUT2D eigenvalue weighted by molar-refractivity contribution is 0.242. The van der Waals surface area contributed by atoms with Crippen LogP contribution >= 0.6 is 23.2 Å². The lowest BCUT2D eigenvalue weighted by Gasteiger charge is -2.29. The predicted molar refractivity (Wildman–Crippen MR) is 79.6 cm³/mol. The van der Waals surface area contributed by atoms with Crippen molar-refractivity contribution in [2.24, 2.45) is 0 Å². The largest absolute Gasteiger partial charge is 0.492 e. The Morgan fingerprint density at radius 1 is 1.35 bits per heavy atom. The van der Waals surface area contributed by atoms with Gasteiger partial charge in [-0.25, -0.2) is 0 Å². The number of halogens is 2. The number of furan rings is 1. The highest BCUT2D eigenvalue weighted by Gasteiger charge is 2.26. The molecule has 20 heavy (non-hydrogen) atoms. The van der Waals surface area contributed by atoms with E-state index in [0.717, 1.165) is 23.5 Å². The number of benzene rings is 1. The summed E-state index contributed by atoms with van der Waals surface area (Å²) in [5.74, 6) is 1.64. The summed E-state index contributed by atoms with van der Waals surface area (Å²) >= 11 is 12.3. The van der Waals surface area contributed by atoms with E-state index in [2.05, 4.69) is 12.2 Å². The van der Waals surface area contributed by atoms with Gasteiger partial charge in [-0.2, -0.15) is 0 Å². The number of fused-ring (bicyclic) bond motifs is 1. The molecule has 0 fully saturated rings. The third-order valence-electron chi connectivity index (χ3n) is 3.49. The van der Waals surface area contributed by atoms with Gasteiger partial charge in [0.15, 0.2) is 0 Å². The van der Waals surface area contributed by atoms with E-state index in [1.54, 1.807) is 12.3 Å². The van der Waals surface area contributed by atoms with Crippen LogP contribution in [0.2, 0.25) is 10.0 Å². The summed E-state index contributed by atoms with van der Waals surface area (Å²) in [7, 11) is 0. The van der Waals surface area contributed by atoms with Crippen molar-refractivity contribution in [3.8, 4) is 5.75 Å². The number of ether oxygens (including phenoxy) is 1. The van der Waals surface area contributed by atoms with Gasteiger partial charge in [0.25, 0.3) is 0 Å². The molecule has 0 radical (unpaired) electrons. The zero-order valence-corrected chi connectivity index (χ0v) is 12.5. The zero-order chi connectivity index (χ0) is 14.1. The number of hydrogen-bond donors (Lipinski definition) is 1. The van der Waals surface area contributed by atoms with Gasteiger partial charge in [0, 0.05) is 23.0 Å². The molecule has 1 N–H and O–H groups in total. The number of rotatable bonds is 3. The van der Waals surface area contributed by atoms with E-state index in [9.17, 15) is 0 Å². The van der Waals surface area contributed by atoms with Crippen molar-refractivity contribution in [3.63, 3.8) is 0 Å². The van der Waals surface area contributed by atoms with Crippen molar-refractivity contribution < 1.29 is 9.15 Å².